The number of anilines is 1. The van der Waals surface area contributed by atoms with Gasteiger partial charge in [0.15, 0.2) is 0 Å². The molecule has 108 valence electrons. The van der Waals surface area contributed by atoms with Gasteiger partial charge in [-0.15, -0.1) is 0 Å². The molecular formula is C17H18N2O2. The lowest BCUT2D eigenvalue weighted by Gasteiger charge is -2.39. The van der Waals surface area contributed by atoms with E-state index in [1.54, 1.807) is 0 Å². The van der Waals surface area contributed by atoms with Crippen LogP contribution in [0.15, 0.2) is 47.7 Å². The molecule has 1 aromatic carbocycles. The van der Waals surface area contributed by atoms with E-state index >= 15 is 0 Å². The molecule has 1 unspecified atom stereocenters. The first-order valence-electron chi connectivity index (χ1n) is 7.26. The maximum absolute atomic E-state index is 12.3. The van der Waals surface area contributed by atoms with E-state index in [9.17, 15) is 4.79 Å². The van der Waals surface area contributed by atoms with Crippen molar-refractivity contribution < 1.29 is 9.53 Å². The number of rotatable bonds is 1. The predicted octanol–water partition coefficient (Wildman–Crippen LogP) is 2.05. The Balaban J connectivity index is 2.01. The Labute approximate surface area is 124 Å². The van der Waals surface area contributed by atoms with E-state index in [4.69, 9.17) is 4.74 Å². The minimum atomic E-state index is -0.243. The Bertz CT molecular complexity index is 692. The molecule has 2 bridgehead atoms. The van der Waals surface area contributed by atoms with Gasteiger partial charge in [-0.25, -0.2) is 4.79 Å². The zero-order valence-corrected chi connectivity index (χ0v) is 12.1. The lowest BCUT2D eigenvalue weighted by molar-refractivity contribution is -0.136. The number of esters is 1. The SMILES string of the molecule is C=C1CN2CC[C@@]13C(=C(C(=O)OC)C2)Nc1ccccc13. The number of benzene rings is 1. The van der Waals surface area contributed by atoms with Crippen molar-refractivity contribution in [1.29, 1.82) is 0 Å². The summed E-state index contributed by atoms with van der Waals surface area (Å²) in [5.41, 5.74) is 4.98. The van der Waals surface area contributed by atoms with Crippen LogP contribution in [-0.4, -0.2) is 37.6 Å². The number of ether oxygens (including phenoxy) is 1. The fourth-order valence-electron chi connectivity index (χ4n) is 4.01. The number of nitrogens with one attached hydrogen (secondary N) is 1. The summed E-state index contributed by atoms with van der Waals surface area (Å²) in [6.07, 6.45) is 0.964. The summed E-state index contributed by atoms with van der Waals surface area (Å²) in [6, 6.07) is 8.29. The van der Waals surface area contributed by atoms with Crippen LogP contribution >= 0.6 is 0 Å². The van der Waals surface area contributed by atoms with Crippen molar-refractivity contribution in [2.75, 3.05) is 32.1 Å². The van der Waals surface area contributed by atoms with Gasteiger partial charge >= 0.3 is 5.97 Å². The second-order valence-corrected chi connectivity index (χ2v) is 5.99. The minimum Gasteiger partial charge on any atom is -0.466 e. The second-order valence-electron chi connectivity index (χ2n) is 5.99. The van der Waals surface area contributed by atoms with E-state index in [-0.39, 0.29) is 11.4 Å². The number of piperidine rings is 1. The number of carbonyl (C=O) groups is 1. The molecule has 2 atom stereocenters. The van der Waals surface area contributed by atoms with Gasteiger partial charge in [0, 0.05) is 31.0 Å². The van der Waals surface area contributed by atoms with Gasteiger partial charge in [0.2, 0.25) is 0 Å². The monoisotopic (exact) mass is 282 g/mol. The van der Waals surface area contributed by atoms with Crippen LogP contribution < -0.4 is 5.32 Å². The fraction of sp³-hybridized carbons (Fsp3) is 0.353. The number of allylic oxidation sites excluding steroid dienone is 1. The standard InChI is InChI=1S/C17H18N2O2/c1-11-9-19-8-7-17(11)13-5-3-4-6-14(13)18-15(17)12(10-19)16(20)21-2/h3-6,18H,1,7-10H2,2H3/t17-/m1/s1. The molecule has 0 aliphatic carbocycles. The molecule has 1 fully saturated rings. The normalized spacial score (nSPS) is 29.6. The van der Waals surface area contributed by atoms with Gasteiger partial charge in [-0.2, -0.15) is 0 Å². The number of fused-ring (bicyclic) bond motifs is 4. The first kappa shape index (κ1) is 12.7. The summed E-state index contributed by atoms with van der Waals surface area (Å²) in [5.74, 6) is -0.240. The van der Waals surface area contributed by atoms with Crippen LogP contribution in [0.25, 0.3) is 0 Å². The van der Waals surface area contributed by atoms with Crippen molar-refractivity contribution in [2.24, 2.45) is 0 Å². The lowest BCUT2D eigenvalue weighted by Crippen LogP contribution is -2.41. The lowest BCUT2D eigenvalue weighted by atomic mass is 9.69. The second kappa shape index (κ2) is 4.21. The molecule has 4 heterocycles. The van der Waals surface area contributed by atoms with Gasteiger partial charge in [0.05, 0.1) is 18.1 Å². The van der Waals surface area contributed by atoms with Crippen LogP contribution in [0.1, 0.15) is 12.0 Å². The van der Waals surface area contributed by atoms with Gasteiger partial charge in [0.25, 0.3) is 0 Å². The largest absolute Gasteiger partial charge is 0.466 e. The third-order valence-electron chi connectivity index (χ3n) is 5.01. The molecule has 4 heteroatoms. The molecule has 0 amide bonds. The van der Waals surface area contributed by atoms with Crippen molar-refractivity contribution in [1.82, 2.24) is 4.90 Å². The Morgan fingerprint density at radius 2 is 2.19 bits per heavy atom. The molecule has 0 saturated carbocycles. The number of hydrogen-bond acceptors (Lipinski definition) is 4. The Morgan fingerprint density at radius 3 is 2.95 bits per heavy atom. The van der Waals surface area contributed by atoms with Crippen LogP contribution in [-0.2, 0) is 14.9 Å². The number of para-hydroxylation sites is 1. The maximum atomic E-state index is 12.3. The molecule has 0 radical (unpaired) electrons. The number of nitrogens with zero attached hydrogens (tertiary/aromatic N) is 1. The van der Waals surface area contributed by atoms with Crippen LogP contribution in [0.5, 0.6) is 0 Å². The molecule has 1 saturated heterocycles. The number of methoxy groups -OCH3 is 1. The first-order valence-corrected chi connectivity index (χ1v) is 7.26. The van der Waals surface area contributed by atoms with E-state index in [0.29, 0.717) is 6.54 Å². The smallest absolute Gasteiger partial charge is 0.336 e. The summed E-state index contributed by atoms with van der Waals surface area (Å²) >= 11 is 0. The van der Waals surface area contributed by atoms with Crippen LogP contribution in [0.4, 0.5) is 5.69 Å². The molecule has 4 aliphatic heterocycles. The summed E-state index contributed by atoms with van der Waals surface area (Å²) in [7, 11) is 1.45. The topological polar surface area (TPSA) is 41.6 Å². The average molecular weight is 282 g/mol. The molecule has 21 heavy (non-hydrogen) atoms. The number of hydrogen-bond donors (Lipinski definition) is 1. The number of carbonyl (C=O) groups excluding carboxylic acids is 1. The van der Waals surface area contributed by atoms with Gasteiger partial charge in [-0.3, -0.25) is 4.90 Å². The highest BCUT2D eigenvalue weighted by Gasteiger charge is 2.52. The molecule has 4 aliphatic rings. The zero-order valence-electron chi connectivity index (χ0n) is 12.1. The fourth-order valence-corrected chi connectivity index (χ4v) is 4.01. The molecular weight excluding hydrogens is 264 g/mol. The van der Waals surface area contributed by atoms with Crippen molar-refractivity contribution in [2.45, 2.75) is 11.8 Å². The third-order valence-corrected chi connectivity index (χ3v) is 5.01. The molecule has 4 nitrogen and oxygen atoms in total. The van der Waals surface area contributed by atoms with E-state index < -0.39 is 0 Å². The molecule has 1 aromatic rings. The third kappa shape index (κ3) is 1.51. The van der Waals surface area contributed by atoms with Crippen LogP contribution in [0.3, 0.4) is 0 Å². The van der Waals surface area contributed by atoms with E-state index in [1.165, 1.54) is 18.2 Å². The average Bonchev–Trinajstić information content (AvgIpc) is 2.68. The van der Waals surface area contributed by atoms with E-state index in [1.807, 2.05) is 6.07 Å². The van der Waals surface area contributed by atoms with Gasteiger partial charge in [-0.1, -0.05) is 24.8 Å². The van der Waals surface area contributed by atoms with E-state index in [0.717, 1.165) is 36.5 Å². The Hall–Kier alpha value is -2.07. The first-order chi connectivity index (χ1) is 10.2. The van der Waals surface area contributed by atoms with Gasteiger partial charge < -0.3 is 10.1 Å². The highest BCUT2D eigenvalue weighted by atomic mass is 16.5. The quantitative estimate of drug-likeness (QED) is 0.632. The van der Waals surface area contributed by atoms with Crippen LogP contribution in [0, 0.1) is 0 Å². The Kier molecular flexibility index (Phi) is 2.54. The highest BCUT2D eigenvalue weighted by Crippen LogP contribution is 2.54. The van der Waals surface area contributed by atoms with E-state index in [2.05, 4.69) is 35.0 Å². The molecule has 0 aromatic heterocycles. The zero-order chi connectivity index (χ0) is 14.6. The summed E-state index contributed by atoms with van der Waals surface area (Å²) in [6.45, 7) is 6.77. The molecule has 1 spiro atoms. The highest BCUT2D eigenvalue weighted by molar-refractivity contribution is 5.93. The minimum absolute atomic E-state index is 0.240. The van der Waals surface area contributed by atoms with Crippen molar-refractivity contribution >= 4 is 11.7 Å². The van der Waals surface area contributed by atoms with Crippen molar-refractivity contribution in [3.8, 4) is 0 Å². The predicted molar refractivity (Wildman–Crippen MR) is 81.0 cm³/mol. The summed E-state index contributed by atoms with van der Waals surface area (Å²) in [4.78, 5) is 14.5. The van der Waals surface area contributed by atoms with Gasteiger partial charge in [-0.05, 0) is 23.6 Å². The molecule has 5 rings (SSSR count). The van der Waals surface area contributed by atoms with Crippen LogP contribution in [0.2, 0.25) is 0 Å². The maximum Gasteiger partial charge on any atom is 0.336 e. The van der Waals surface area contributed by atoms with Crippen molar-refractivity contribution in [3.63, 3.8) is 0 Å². The van der Waals surface area contributed by atoms with Gasteiger partial charge in [0.1, 0.15) is 0 Å². The molecule has 1 N–H and O–H groups in total. The Morgan fingerprint density at radius 1 is 1.38 bits per heavy atom. The summed E-state index contributed by atoms with van der Waals surface area (Å²) in [5, 5.41) is 3.48. The van der Waals surface area contributed by atoms with Crippen molar-refractivity contribution in [3.05, 3.63) is 53.3 Å². The summed E-state index contributed by atoms with van der Waals surface area (Å²) < 4.78 is 5.02.